The molecule has 2 N–H and O–H groups in total. The predicted molar refractivity (Wildman–Crippen MR) is 165 cm³/mol. The smallest absolute Gasteiger partial charge is 0.242 e. The van der Waals surface area contributed by atoms with Crippen molar-refractivity contribution in [2.75, 3.05) is 41.4 Å². The van der Waals surface area contributed by atoms with E-state index in [2.05, 4.69) is 15.5 Å². The van der Waals surface area contributed by atoms with Crippen molar-refractivity contribution in [2.45, 2.75) is 115 Å². The molecule has 2 saturated heterocycles. The SMILES string of the molecule is CCC(C)C(C(CC(=O)N1CCCC1C(OC)C(C)C(=O)N[C@@H](C)C=O)OC)N(C)C(=O)CNC(=O)C1C2CCC(C2)N1C. The Morgan fingerprint density at radius 1 is 1.07 bits per heavy atom. The first-order valence-electron chi connectivity index (χ1n) is 16.3. The molecule has 2 aliphatic heterocycles. The van der Waals surface area contributed by atoms with Crippen LogP contribution in [0, 0.1) is 17.8 Å². The van der Waals surface area contributed by atoms with E-state index < -0.39 is 30.2 Å². The molecular weight excluding hydrogens is 566 g/mol. The van der Waals surface area contributed by atoms with E-state index in [0.717, 1.165) is 32.1 Å². The average molecular weight is 622 g/mol. The first-order chi connectivity index (χ1) is 20.9. The Balaban J connectivity index is 1.66. The minimum Gasteiger partial charge on any atom is -0.379 e. The van der Waals surface area contributed by atoms with Crippen LogP contribution in [0.15, 0.2) is 0 Å². The molecule has 1 saturated carbocycles. The lowest BCUT2D eigenvalue weighted by Crippen LogP contribution is -2.55. The molecule has 0 aromatic rings. The van der Waals surface area contributed by atoms with Gasteiger partial charge in [0.15, 0.2) is 0 Å². The van der Waals surface area contributed by atoms with Gasteiger partial charge in [0.25, 0.3) is 0 Å². The minimum absolute atomic E-state index is 0.0266. The number of methoxy groups -OCH3 is 2. The fraction of sp³-hybridized carbons (Fsp3) is 0.844. The maximum Gasteiger partial charge on any atom is 0.242 e. The molecule has 3 aliphatic rings. The number of aldehydes is 1. The van der Waals surface area contributed by atoms with Gasteiger partial charge in [-0.1, -0.05) is 27.2 Å². The molecule has 2 heterocycles. The standard InChI is InChI=1S/C32H55N5O7/c1-9-19(2)28(36(6)27(40)17-33-32(42)29-22-12-13-23(15-22)35(29)5)25(43-7)16-26(39)37-14-10-11-24(37)30(44-8)21(4)31(41)34-20(3)18-38/h18-25,28-30H,9-17H2,1-8H3,(H,33,42)(H,34,41)/t19?,20-,21?,22?,23?,24?,25?,28?,29?,30?/m0/s1. The first-order valence-corrected chi connectivity index (χ1v) is 16.3. The molecule has 3 fully saturated rings. The lowest BCUT2D eigenvalue weighted by atomic mass is 9.90. The van der Waals surface area contributed by atoms with Crippen LogP contribution >= 0.6 is 0 Å². The Hall–Kier alpha value is -2.57. The molecule has 1 aliphatic carbocycles. The van der Waals surface area contributed by atoms with E-state index in [1.807, 2.05) is 20.9 Å². The number of nitrogens with zero attached hydrogens (tertiary/aromatic N) is 3. The molecule has 12 heteroatoms. The molecule has 3 rings (SSSR count). The normalized spacial score (nSPS) is 27.2. The number of rotatable bonds is 16. The van der Waals surface area contributed by atoms with Crippen molar-refractivity contribution in [3.8, 4) is 0 Å². The van der Waals surface area contributed by atoms with Crippen molar-refractivity contribution >= 4 is 29.9 Å². The Morgan fingerprint density at radius 3 is 2.34 bits per heavy atom. The van der Waals surface area contributed by atoms with Crippen LogP contribution in [0.3, 0.4) is 0 Å². The Labute approximate surface area is 262 Å². The number of fused-ring (bicyclic) bond motifs is 2. The second kappa shape index (κ2) is 16.1. The number of likely N-dealkylation sites (tertiary alicyclic amines) is 2. The summed E-state index contributed by atoms with van der Waals surface area (Å²) in [5, 5.41) is 5.56. The quantitative estimate of drug-likeness (QED) is 0.246. The van der Waals surface area contributed by atoms with Crippen molar-refractivity contribution in [3.05, 3.63) is 0 Å². The van der Waals surface area contributed by atoms with Gasteiger partial charge in [0, 0.05) is 33.9 Å². The van der Waals surface area contributed by atoms with Gasteiger partial charge in [-0.05, 0) is 57.9 Å². The molecule has 2 bridgehead atoms. The maximum absolute atomic E-state index is 13.8. The van der Waals surface area contributed by atoms with E-state index in [9.17, 15) is 24.0 Å². The molecule has 0 radical (unpaired) electrons. The second-order valence-corrected chi connectivity index (χ2v) is 13.1. The number of hydrogen-bond acceptors (Lipinski definition) is 8. The lowest BCUT2D eigenvalue weighted by Gasteiger charge is -2.39. The van der Waals surface area contributed by atoms with Crippen LogP contribution in [0.5, 0.6) is 0 Å². The van der Waals surface area contributed by atoms with Crippen LogP contribution in [0.2, 0.25) is 0 Å². The van der Waals surface area contributed by atoms with Crippen molar-refractivity contribution in [1.29, 1.82) is 0 Å². The van der Waals surface area contributed by atoms with Gasteiger partial charge in [-0.2, -0.15) is 0 Å². The highest BCUT2D eigenvalue weighted by Gasteiger charge is 2.47. The van der Waals surface area contributed by atoms with Crippen LogP contribution in [-0.2, 0) is 33.4 Å². The van der Waals surface area contributed by atoms with Gasteiger partial charge < -0.3 is 34.7 Å². The summed E-state index contributed by atoms with van der Waals surface area (Å²) in [6, 6.07) is -1.05. The molecule has 0 aromatic heterocycles. The third-order valence-corrected chi connectivity index (χ3v) is 10.5. The van der Waals surface area contributed by atoms with E-state index in [1.54, 1.807) is 37.8 Å². The van der Waals surface area contributed by atoms with Crippen LogP contribution in [0.25, 0.3) is 0 Å². The highest BCUT2D eigenvalue weighted by molar-refractivity contribution is 5.88. The maximum atomic E-state index is 13.8. The lowest BCUT2D eigenvalue weighted by molar-refractivity contribution is -0.146. The van der Waals surface area contributed by atoms with Gasteiger partial charge in [0.1, 0.15) is 6.29 Å². The van der Waals surface area contributed by atoms with Gasteiger partial charge in [-0.3, -0.25) is 24.1 Å². The summed E-state index contributed by atoms with van der Waals surface area (Å²) in [6.07, 6.45) is 5.05. The van der Waals surface area contributed by atoms with Crippen molar-refractivity contribution < 1.29 is 33.4 Å². The summed E-state index contributed by atoms with van der Waals surface area (Å²) < 4.78 is 11.6. The van der Waals surface area contributed by atoms with E-state index in [1.165, 1.54) is 7.11 Å². The van der Waals surface area contributed by atoms with E-state index >= 15 is 0 Å². The van der Waals surface area contributed by atoms with Gasteiger partial charge in [0.05, 0.1) is 55.3 Å². The number of ether oxygens (including phenoxy) is 2. The fourth-order valence-electron chi connectivity index (χ4n) is 7.71. The molecule has 4 amide bonds. The number of nitrogens with one attached hydrogen (secondary N) is 2. The van der Waals surface area contributed by atoms with Gasteiger partial charge >= 0.3 is 0 Å². The van der Waals surface area contributed by atoms with Gasteiger partial charge in [0.2, 0.25) is 23.6 Å². The summed E-state index contributed by atoms with van der Waals surface area (Å²) in [4.78, 5) is 69.6. The predicted octanol–water partition coefficient (Wildman–Crippen LogP) is 1.21. The number of amides is 4. The topological polar surface area (TPSA) is 138 Å². The fourth-order valence-corrected chi connectivity index (χ4v) is 7.71. The molecule has 12 nitrogen and oxygen atoms in total. The summed E-state index contributed by atoms with van der Waals surface area (Å²) in [5.74, 6) is -0.968. The number of carbonyl (C=O) groups excluding carboxylic acids is 5. The van der Waals surface area contributed by atoms with E-state index in [-0.39, 0.29) is 54.6 Å². The third kappa shape index (κ3) is 7.98. The summed E-state index contributed by atoms with van der Waals surface area (Å²) in [6.45, 7) is 7.85. The third-order valence-electron chi connectivity index (χ3n) is 10.5. The van der Waals surface area contributed by atoms with Crippen LogP contribution in [0.4, 0.5) is 0 Å². The van der Waals surface area contributed by atoms with Crippen molar-refractivity contribution in [1.82, 2.24) is 25.3 Å². The summed E-state index contributed by atoms with van der Waals surface area (Å²) in [5.41, 5.74) is 0. The number of piperidine rings is 1. The highest BCUT2D eigenvalue weighted by atomic mass is 16.5. The van der Waals surface area contributed by atoms with E-state index in [4.69, 9.17) is 9.47 Å². The van der Waals surface area contributed by atoms with Crippen LogP contribution < -0.4 is 10.6 Å². The zero-order valence-corrected chi connectivity index (χ0v) is 27.9. The molecule has 0 aromatic carbocycles. The minimum atomic E-state index is -0.615. The van der Waals surface area contributed by atoms with Gasteiger partial charge in [-0.25, -0.2) is 0 Å². The molecular formula is C32H55N5O7. The van der Waals surface area contributed by atoms with Crippen molar-refractivity contribution in [3.63, 3.8) is 0 Å². The van der Waals surface area contributed by atoms with Crippen LogP contribution in [0.1, 0.15) is 72.6 Å². The number of carbonyl (C=O) groups is 5. The average Bonchev–Trinajstić information content (AvgIpc) is 3.76. The molecule has 10 atom stereocenters. The second-order valence-electron chi connectivity index (χ2n) is 13.1. The van der Waals surface area contributed by atoms with Crippen molar-refractivity contribution in [2.24, 2.45) is 17.8 Å². The highest BCUT2D eigenvalue weighted by Crippen LogP contribution is 2.41. The zero-order valence-electron chi connectivity index (χ0n) is 27.9. The van der Waals surface area contributed by atoms with E-state index in [0.29, 0.717) is 31.2 Å². The summed E-state index contributed by atoms with van der Waals surface area (Å²) >= 11 is 0. The largest absolute Gasteiger partial charge is 0.379 e. The zero-order chi connectivity index (χ0) is 32.7. The van der Waals surface area contributed by atoms with Gasteiger partial charge in [-0.15, -0.1) is 0 Å². The molecule has 0 spiro atoms. The Kier molecular flexibility index (Phi) is 13.2. The number of likely N-dealkylation sites (N-methyl/N-ethyl adjacent to an activating group) is 2. The molecule has 44 heavy (non-hydrogen) atoms. The Bertz CT molecular complexity index is 1020. The molecule has 9 unspecified atom stereocenters. The summed E-state index contributed by atoms with van der Waals surface area (Å²) in [7, 11) is 6.79. The first kappa shape index (κ1) is 35.9. The number of hydrogen-bond donors (Lipinski definition) is 2. The Morgan fingerprint density at radius 2 is 1.77 bits per heavy atom. The van der Waals surface area contributed by atoms with Crippen LogP contribution in [-0.4, -0.2) is 128 Å². The monoisotopic (exact) mass is 621 g/mol. The molecule has 250 valence electrons.